The zero-order valence-corrected chi connectivity index (χ0v) is 17.5. The molecule has 2 aromatic carbocycles. The number of pyridine rings is 1. The number of benzene rings is 2. The molecule has 1 unspecified atom stereocenters. The van der Waals surface area contributed by atoms with E-state index in [0.29, 0.717) is 17.0 Å². The topological polar surface area (TPSA) is 80.4 Å². The molecule has 5 nitrogen and oxygen atoms in total. The Morgan fingerprint density at radius 1 is 1.09 bits per heavy atom. The first-order valence-electron chi connectivity index (χ1n) is 10.3. The molecule has 1 aliphatic rings. The summed E-state index contributed by atoms with van der Waals surface area (Å²) in [5.74, 6) is 0.714. The summed E-state index contributed by atoms with van der Waals surface area (Å²) in [5.41, 5.74) is 7.22. The summed E-state index contributed by atoms with van der Waals surface area (Å²) in [6.45, 7) is 0. The Morgan fingerprint density at radius 2 is 1.75 bits per heavy atom. The van der Waals surface area contributed by atoms with Gasteiger partial charge in [0, 0.05) is 17.3 Å². The molecule has 1 heterocycles. The van der Waals surface area contributed by atoms with Crippen LogP contribution in [-0.4, -0.2) is 17.2 Å². The van der Waals surface area contributed by atoms with Crippen LogP contribution in [0, 0.1) is 0 Å². The van der Waals surface area contributed by atoms with Gasteiger partial charge < -0.3 is 15.6 Å². The lowest BCUT2D eigenvalue weighted by atomic mass is 9.71. The van der Waals surface area contributed by atoms with Gasteiger partial charge in [0.25, 0.3) is 0 Å². The highest BCUT2D eigenvalue weighted by Gasteiger charge is 2.40. The maximum Gasteiger partial charge on any atom is 0.417 e. The minimum absolute atomic E-state index is 0.0287. The smallest absolute Gasteiger partial charge is 0.417 e. The molecular weight excluding hydrogens is 419 g/mol. The summed E-state index contributed by atoms with van der Waals surface area (Å²) in [5, 5.41) is 14.1. The number of aromatic nitrogens is 1. The predicted molar refractivity (Wildman–Crippen MR) is 116 cm³/mol. The Balaban J connectivity index is 1.54. The number of alkyl halides is 3. The Bertz CT molecular complexity index is 1080. The van der Waals surface area contributed by atoms with E-state index in [1.165, 1.54) is 0 Å². The monoisotopic (exact) mass is 443 g/mol. The first kappa shape index (κ1) is 22.1. The summed E-state index contributed by atoms with van der Waals surface area (Å²) in [6, 6.07) is 15.5. The second-order valence-electron chi connectivity index (χ2n) is 7.99. The van der Waals surface area contributed by atoms with E-state index in [9.17, 15) is 18.3 Å². The number of ether oxygens (including phenoxy) is 1. The Hall–Kier alpha value is -3.10. The molecule has 32 heavy (non-hydrogen) atoms. The molecule has 1 aromatic heterocycles. The molecule has 1 fully saturated rings. The van der Waals surface area contributed by atoms with Crippen LogP contribution in [0.4, 0.5) is 18.9 Å². The molecule has 0 spiro atoms. The summed E-state index contributed by atoms with van der Waals surface area (Å²) < 4.78 is 43.8. The number of nitrogens with two attached hydrogens (primary N) is 1. The molecule has 0 saturated heterocycles. The molecule has 1 saturated carbocycles. The Morgan fingerprint density at radius 3 is 2.25 bits per heavy atom. The van der Waals surface area contributed by atoms with Crippen molar-refractivity contribution in [3.8, 4) is 17.0 Å². The number of halogens is 3. The van der Waals surface area contributed by atoms with Gasteiger partial charge in [0.2, 0.25) is 0 Å². The van der Waals surface area contributed by atoms with Gasteiger partial charge in [0.15, 0.2) is 0 Å². The number of nitrogens with one attached hydrogen (secondary N) is 1. The maximum absolute atomic E-state index is 12.9. The van der Waals surface area contributed by atoms with Crippen LogP contribution < -0.4 is 15.8 Å². The van der Waals surface area contributed by atoms with E-state index >= 15 is 0 Å². The van der Waals surface area contributed by atoms with Crippen molar-refractivity contribution in [3.05, 3.63) is 77.5 Å². The molecule has 0 aliphatic heterocycles. The highest BCUT2D eigenvalue weighted by molar-refractivity contribution is 5.73. The molecule has 1 aliphatic carbocycles. The Kier molecular flexibility index (Phi) is 5.83. The van der Waals surface area contributed by atoms with Gasteiger partial charge in [0.1, 0.15) is 12.0 Å². The third kappa shape index (κ3) is 4.28. The van der Waals surface area contributed by atoms with E-state index < -0.39 is 18.0 Å². The Labute approximate surface area is 184 Å². The largest absolute Gasteiger partial charge is 0.497 e. The molecule has 0 radical (unpaired) electrons. The molecule has 4 N–H and O–H groups in total. The van der Waals surface area contributed by atoms with E-state index in [1.54, 1.807) is 31.4 Å². The first-order chi connectivity index (χ1) is 15.2. The molecule has 8 heteroatoms. The predicted octanol–water partition coefficient (Wildman–Crippen LogP) is 5.02. The van der Waals surface area contributed by atoms with Crippen molar-refractivity contribution in [1.29, 1.82) is 0 Å². The van der Waals surface area contributed by atoms with Gasteiger partial charge in [-0.25, -0.2) is 0 Å². The van der Waals surface area contributed by atoms with E-state index in [1.807, 2.05) is 24.3 Å². The van der Waals surface area contributed by atoms with E-state index in [4.69, 9.17) is 10.5 Å². The van der Waals surface area contributed by atoms with Crippen LogP contribution in [-0.2, 0) is 11.7 Å². The van der Waals surface area contributed by atoms with Crippen molar-refractivity contribution < 1.29 is 23.0 Å². The number of hydrogen-bond donors (Lipinski definition) is 3. The number of nitrogen functional groups attached to an aromatic ring is 1. The number of methoxy groups -OCH3 is 1. The second kappa shape index (κ2) is 8.44. The third-order valence-corrected chi connectivity index (χ3v) is 6.01. The van der Waals surface area contributed by atoms with Crippen LogP contribution in [0.3, 0.4) is 0 Å². The minimum atomic E-state index is -4.49. The standard InChI is InChI=1S/C24H24F3N3O2/c1-32-19-9-5-16(6-10-19)22(31)30-23(11-2-12-23)17-7-3-15(4-8-17)21-20(28)13-18(14-29-21)24(25,26)27/h3-10,13-14,22,30-31H,2,11-12,28H2,1H3. The summed E-state index contributed by atoms with van der Waals surface area (Å²) in [7, 11) is 1.59. The quantitative estimate of drug-likeness (QED) is 0.466. The zero-order valence-electron chi connectivity index (χ0n) is 17.5. The number of hydrogen-bond acceptors (Lipinski definition) is 5. The van der Waals surface area contributed by atoms with Gasteiger partial charge in [-0.2, -0.15) is 13.2 Å². The fourth-order valence-electron chi connectivity index (χ4n) is 4.00. The van der Waals surface area contributed by atoms with Gasteiger partial charge in [-0.05, 0) is 48.6 Å². The van der Waals surface area contributed by atoms with Crippen molar-refractivity contribution >= 4 is 5.69 Å². The molecule has 0 bridgehead atoms. The third-order valence-electron chi connectivity index (χ3n) is 6.01. The van der Waals surface area contributed by atoms with Crippen LogP contribution in [0.2, 0.25) is 0 Å². The summed E-state index contributed by atoms with van der Waals surface area (Å²) >= 11 is 0. The fraction of sp³-hybridized carbons (Fsp3) is 0.292. The summed E-state index contributed by atoms with van der Waals surface area (Å²) in [4.78, 5) is 3.93. The van der Waals surface area contributed by atoms with E-state index in [-0.39, 0.29) is 11.2 Å². The van der Waals surface area contributed by atoms with Crippen LogP contribution in [0.25, 0.3) is 11.3 Å². The van der Waals surface area contributed by atoms with E-state index in [0.717, 1.165) is 42.7 Å². The number of aliphatic hydroxyl groups excluding tert-OH is 1. The molecule has 4 rings (SSSR count). The van der Waals surface area contributed by atoms with Crippen LogP contribution in [0.1, 0.15) is 42.2 Å². The van der Waals surface area contributed by atoms with Crippen molar-refractivity contribution in [2.75, 3.05) is 12.8 Å². The lowest BCUT2D eigenvalue weighted by molar-refractivity contribution is -0.137. The molecule has 168 valence electrons. The van der Waals surface area contributed by atoms with Crippen LogP contribution in [0.5, 0.6) is 5.75 Å². The van der Waals surface area contributed by atoms with E-state index in [2.05, 4.69) is 10.3 Å². The fourth-order valence-corrected chi connectivity index (χ4v) is 4.00. The summed E-state index contributed by atoms with van der Waals surface area (Å²) in [6.07, 6.45) is -1.80. The minimum Gasteiger partial charge on any atom is -0.497 e. The molecule has 3 aromatic rings. The normalized spacial score (nSPS) is 16.3. The highest BCUT2D eigenvalue weighted by Crippen LogP contribution is 2.43. The highest BCUT2D eigenvalue weighted by atomic mass is 19.4. The average molecular weight is 443 g/mol. The number of nitrogens with zero attached hydrogens (tertiary/aromatic N) is 1. The van der Waals surface area contributed by atoms with Crippen LogP contribution >= 0.6 is 0 Å². The van der Waals surface area contributed by atoms with Gasteiger partial charge in [-0.15, -0.1) is 0 Å². The average Bonchev–Trinajstić information content (AvgIpc) is 2.76. The molecular formula is C24H24F3N3O2. The van der Waals surface area contributed by atoms with Crippen molar-refractivity contribution in [1.82, 2.24) is 10.3 Å². The molecule has 0 amide bonds. The second-order valence-corrected chi connectivity index (χ2v) is 7.99. The van der Waals surface area contributed by atoms with Crippen molar-refractivity contribution in [2.45, 2.75) is 37.2 Å². The number of rotatable bonds is 6. The van der Waals surface area contributed by atoms with Crippen molar-refractivity contribution in [2.24, 2.45) is 0 Å². The number of anilines is 1. The SMILES string of the molecule is COc1ccc(C(O)NC2(c3ccc(-c4ncc(C(F)(F)F)cc4N)cc3)CCC2)cc1. The number of aliphatic hydroxyl groups is 1. The lowest BCUT2D eigenvalue weighted by Gasteiger charge is -2.45. The van der Waals surface area contributed by atoms with Crippen molar-refractivity contribution in [3.63, 3.8) is 0 Å². The van der Waals surface area contributed by atoms with Gasteiger partial charge in [-0.3, -0.25) is 10.3 Å². The van der Waals surface area contributed by atoms with Gasteiger partial charge >= 0.3 is 6.18 Å². The van der Waals surface area contributed by atoms with Gasteiger partial charge in [-0.1, -0.05) is 36.4 Å². The zero-order chi connectivity index (χ0) is 22.9. The van der Waals surface area contributed by atoms with Gasteiger partial charge in [0.05, 0.1) is 24.1 Å². The lowest BCUT2D eigenvalue weighted by Crippen LogP contribution is -2.49. The molecule has 1 atom stereocenters. The maximum atomic E-state index is 12.9. The van der Waals surface area contributed by atoms with Crippen LogP contribution in [0.15, 0.2) is 60.8 Å². The first-order valence-corrected chi connectivity index (χ1v) is 10.3.